The van der Waals surface area contributed by atoms with Crippen LogP contribution in [0.25, 0.3) is 0 Å². The summed E-state index contributed by atoms with van der Waals surface area (Å²) < 4.78 is 66.3. The zero-order valence-electron chi connectivity index (χ0n) is 18.2. The van der Waals surface area contributed by atoms with Gasteiger partial charge >= 0.3 is 0 Å². The Morgan fingerprint density at radius 1 is 0.688 bits per heavy atom. The van der Waals surface area contributed by atoms with Gasteiger partial charge in [0, 0.05) is 25.2 Å². The van der Waals surface area contributed by atoms with E-state index in [1.807, 2.05) is 0 Å². The lowest BCUT2D eigenvalue weighted by Crippen LogP contribution is -2.54. The molecule has 8 nitrogen and oxygen atoms in total. The van der Waals surface area contributed by atoms with E-state index < -0.39 is 25.6 Å². The van der Waals surface area contributed by atoms with Gasteiger partial charge in [-0.1, -0.05) is 0 Å². The van der Waals surface area contributed by atoms with Crippen LogP contribution in [0.4, 0.5) is 0 Å². The summed E-state index contributed by atoms with van der Waals surface area (Å²) in [5.74, 6) is 1.18. The van der Waals surface area contributed by atoms with Gasteiger partial charge in [-0.2, -0.15) is 8.61 Å². The highest BCUT2D eigenvalue weighted by molar-refractivity contribution is 7.89. The van der Waals surface area contributed by atoms with Gasteiger partial charge in [0.25, 0.3) is 0 Å². The predicted molar refractivity (Wildman–Crippen MR) is 120 cm³/mol. The van der Waals surface area contributed by atoms with Crippen molar-refractivity contribution in [3.05, 3.63) is 48.5 Å². The van der Waals surface area contributed by atoms with Gasteiger partial charge in [-0.25, -0.2) is 16.8 Å². The van der Waals surface area contributed by atoms with Crippen molar-refractivity contribution in [2.45, 2.75) is 41.0 Å². The first-order chi connectivity index (χ1) is 15.2. The van der Waals surface area contributed by atoms with Crippen LogP contribution in [0.1, 0.15) is 25.7 Å². The summed E-state index contributed by atoms with van der Waals surface area (Å²) in [5, 5.41) is 0. The molecule has 0 bridgehead atoms. The second-order valence-electron chi connectivity index (χ2n) is 8.16. The number of ether oxygens (including phenoxy) is 2. The van der Waals surface area contributed by atoms with Crippen molar-refractivity contribution in [2.24, 2.45) is 0 Å². The van der Waals surface area contributed by atoms with E-state index in [0.717, 1.165) is 12.8 Å². The molecule has 174 valence electrons. The fraction of sp³-hybridized carbons (Fsp3) is 0.455. The van der Waals surface area contributed by atoms with Crippen LogP contribution in [0.15, 0.2) is 58.3 Å². The van der Waals surface area contributed by atoms with Gasteiger partial charge in [0.15, 0.2) is 0 Å². The largest absolute Gasteiger partial charge is 0.497 e. The fourth-order valence-electron chi connectivity index (χ4n) is 4.70. The molecule has 2 aromatic rings. The molecule has 0 N–H and O–H groups in total. The van der Waals surface area contributed by atoms with E-state index in [1.165, 1.54) is 30.7 Å². The maximum absolute atomic E-state index is 13.4. The number of sulfonamides is 2. The van der Waals surface area contributed by atoms with Crippen LogP contribution in [-0.2, 0) is 20.0 Å². The second kappa shape index (κ2) is 8.66. The van der Waals surface area contributed by atoms with Crippen molar-refractivity contribution >= 4 is 20.0 Å². The third-order valence-corrected chi connectivity index (χ3v) is 10.5. The van der Waals surface area contributed by atoms with Gasteiger partial charge in [0.05, 0.1) is 24.0 Å². The monoisotopic (exact) mass is 480 g/mol. The molecule has 10 heteroatoms. The average molecular weight is 481 g/mol. The van der Waals surface area contributed by atoms with E-state index in [1.54, 1.807) is 40.7 Å². The van der Waals surface area contributed by atoms with Gasteiger partial charge in [-0.15, -0.1) is 0 Å². The molecule has 0 aromatic heterocycles. The number of nitrogens with zero attached hydrogens (tertiary/aromatic N) is 2. The minimum absolute atomic E-state index is 0.211. The maximum atomic E-state index is 13.4. The fourth-order valence-corrected chi connectivity index (χ4v) is 8.03. The smallest absolute Gasteiger partial charge is 0.243 e. The Bertz CT molecular complexity index is 1150. The first kappa shape index (κ1) is 23.0. The molecule has 2 heterocycles. The van der Waals surface area contributed by atoms with Crippen LogP contribution in [-0.4, -0.2) is 64.8 Å². The highest BCUT2D eigenvalue weighted by atomic mass is 32.2. The molecule has 2 fully saturated rings. The van der Waals surface area contributed by atoms with Crippen LogP contribution in [0.3, 0.4) is 0 Å². The average Bonchev–Trinajstić information content (AvgIpc) is 3.23. The van der Waals surface area contributed by atoms with Crippen LogP contribution in [0.2, 0.25) is 0 Å². The van der Waals surface area contributed by atoms with Crippen LogP contribution in [0, 0.1) is 0 Å². The Morgan fingerprint density at radius 2 is 1.16 bits per heavy atom. The lowest BCUT2D eigenvalue weighted by molar-refractivity contribution is 0.144. The molecule has 0 saturated carbocycles. The minimum atomic E-state index is -3.69. The van der Waals surface area contributed by atoms with Crippen molar-refractivity contribution in [1.82, 2.24) is 8.61 Å². The van der Waals surface area contributed by atoms with E-state index >= 15 is 0 Å². The number of benzene rings is 2. The third-order valence-electron chi connectivity index (χ3n) is 6.53. The SMILES string of the molecule is COc1ccc(S(=O)(=O)N2CCC3(CCCN3S(=O)(=O)c3ccc(OC)cc3)CC2)cc1. The van der Waals surface area contributed by atoms with E-state index in [4.69, 9.17) is 9.47 Å². The van der Waals surface area contributed by atoms with Crippen molar-refractivity contribution in [2.75, 3.05) is 33.9 Å². The Kier molecular flexibility index (Phi) is 6.23. The summed E-state index contributed by atoms with van der Waals surface area (Å²) in [5.41, 5.74) is -0.551. The number of hydrogen-bond donors (Lipinski definition) is 0. The summed E-state index contributed by atoms with van der Waals surface area (Å²) in [7, 11) is -4.28. The highest BCUT2D eigenvalue weighted by Gasteiger charge is 2.50. The Hall–Kier alpha value is -2.14. The molecule has 0 atom stereocenters. The first-order valence-corrected chi connectivity index (χ1v) is 13.4. The minimum Gasteiger partial charge on any atom is -0.497 e. The van der Waals surface area contributed by atoms with E-state index in [9.17, 15) is 16.8 Å². The molecule has 2 aromatic carbocycles. The van der Waals surface area contributed by atoms with Crippen LogP contribution >= 0.6 is 0 Å². The first-order valence-electron chi connectivity index (χ1n) is 10.5. The van der Waals surface area contributed by atoms with Crippen molar-refractivity contribution in [1.29, 1.82) is 0 Å². The van der Waals surface area contributed by atoms with Crippen LogP contribution < -0.4 is 9.47 Å². The lowest BCUT2D eigenvalue weighted by Gasteiger charge is -2.43. The highest BCUT2D eigenvalue weighted by Crippen LogP contribution is 2.42. The predicted octanol–water partition coefficient (Wildman–Crippen LogP) is 2.71. The van der Waals surface area contributed by atoms with Gasteiger partial charge in [0.2, 0.25) is 20.0 Å². The molecule has 2 aliphatic heterocycles. The molecule has 4 rings (SSSR count). The number of piperidine rings is 1. The lowest BCUT2D eigenvalue weighted by atomic mass is 9.87. The number of methoxy groups -OCH3 is 2. The van der Waals surface area contributed by atoms with Crippen LogP contribution in [0.5, 0.6) is 11.5 Å². The zero-order chi connectivity index (χ0) is 23.0. The molecule has 0 unspecified atom stereocenters. The molecule has 1 spiro atoms. The molecule has 32 heavy (non-hydrogen) atoms. The standard InChI is InChI=1S/C22H28N2O6S2/c1-29-18-4-8-20(9-5-18)31(25,26)23-16-13-22(14-17-23)12-3-15-24(22)32(27,28)21-10-6-19(30-2)7-11-21/h4-11H,3,12-17H2,1-2H3. The summed E-state index contributed by atoms with van der Waals surface area (Å²) in [6.07, 6.45) is 2.44. The van der Waals surface area contributed by atoms with Gasteiger partial charge in [-0.3, -0.25) is 0 Å². The van der Waals surface area contributed by atoms with E-state index in [-0.39, 0.29) is 22.9 Å². The van der Waals surface area contributed by atoms with E-state index in [2.05, 4.69) is 0 Å². The molecule has 0 radical (unpaired) electrons. The Morgan fingerprint density at radius 3 is 1.62 bits per heavy atom. The summed E-state index contributed by atoms with van der Waals surface area (Å²) in [6.45, 7) is 1.01. The van der Waals surface area contributed by atoms with E-state index in [0.29, 0.717) is 30.9 Å². The molecular formula is C22H28N2O6S2. The van der Waals surface area contributed by atoms with Gasteiger partial charge in [0.1, 0.15) is 11.5 Å². The summed E-state index contributed by atoms with van der Waals surface area (Å²) in [4.78, 5) is 0.441. The quantitative estimate of drug-likeness (QED) is 0.631. The number of hydrogen-bond acceptors (Lipinski definition) is 6. The molecule has 2 saturated heterocycles. The molecule has 2 aliphatic rings. The normalized spacial score (nSPS) is 19.8. The number of rotatable bonds is 6. The van der Waals surface area contributed by atoms with Gasteiger partial charge in [-0.05, 0) is 74.2 Å². The summed E-state index contributed by atoms with van der Waals surface area (Å²) >= 11 is 0. The maximum Gasteiger partial charge on any atom is 0.243 e. The summed E-state index contributed by atoms with van der Waals surface area (Å²) in [6, 6.07) is 12.7. The molecule has 0 aliphatic carbocycles. The third kappa shape index (κ3) is 4.00. The molecule has 0 amide bonds. The Balaban J connectivity index is 1.53. The Labute approximate surface area is 189 Å². The van der Waals surface area contributed by atoms with Crippen molar-refractivity contribution < 1.29 is 26.3 Å². The van der Waals surface area contributed by atoms with Crippen molar-refractivity contribution in [3.8, 4) is 11.5 Å². The molecular weight excluding hydrogens is 452 g/mol. The van der Waals surface area contributed by atoms with Gasteiger partial charge < -0.3 is 9.47 Å². The van der Waals surface area contributed by atoms with Crippen molar-refractivity contribution in [3.63, 3.8) is 0 Å². The zero-order valence-corrected chi connectivity index (χ0v) is 19.9. The topological polar surface area (TPSA) is 93.2 Å². The second-order valence-corrected chi connectivity index (χ2v) is 12.0.